The molecule has 2 aromatic rings. The largest absolute Gasteiger partial charge is 0.252 e. The van der Waals surface area contributed by atoms with Gasteiger partial charge in [-0.05, 0) is 19.1 Å². The Morgan fingerprint density at radius 3 is 2.95 bits per heavy atom. The van der Waals surface area contributed by atoms with E-state index in [1.54, 1.807) is 12.3 Å². The van der Waals surface area contributed by atoms with Crippen molar-refractivity contribution in [3.63, 3.8) is 0 Å². The molecule has 0 aliphatic carbocycles. The van der Waals surface area contributed by atoms with Crippen molar-refractivity contribution in [2.45, 2.75) is 24.1 Å². The number of sulfonamides is 1. The van der Waals surface area contributed by atoms with Crippen molar-refractivity contribution in [1.29, 1.82) is 0 Å². The van der Waals surface area contributed by atoms with Crippen molar-refractivity contribution < 1.29 is 8.42 Å². The fourth-order valence-electron chi connectivity index (χ4n) is 2.12. The van der Waals surface area contributed by atoms with Crippen LogP contribution < -0.4 is 0 Å². The standard InChI is InChI=1S/C12H13N3O2S2/c1-9-2-3-12(18-9)19(16,17)15-5-4-11-10(7-15)6-13-8-14-11/h2-3,6,8H,4-5,7H2,1H3. The summed E-state index contributed by atoms with van der Waals surface area (Å²) in [7, 11) is -3.39. The Hall–Kier alpha value is -1.31. The molecule has 100 valence electrons. The normalized spacial score (nSPS) is 16.3. The number of nitrogens with zero attached hydrogens (tertiary/aromatic N) is 3. The fraction of sp³-hybridized carbons (Fsp3) is 0.333. The zero-order chi connectivity index (χ0) is 13.5. The zero-order valence-electron chi connectivity index (χ0n) is 10.4. The number of fused-ring (bicyclic) bond motifs is 1. The van der Waals surface area contributed by atoms with E-state index < -0.39 is 10.0 Å². The molecule has 0 saturated carbocycles. The van der Waals surface area contributed by atoms with E-state index in [1.807, 2.05) is 13.0 Å². The van der Waals surface area contributed by atoms with E-state index in [0.717, 1.165) is 16.1 Å². The summed E-state index contributed by atoms with van der Waals surface area (Å²) in [5.41, 5.74) is 1.84. The van der Waals surface area contributed by atoms with Gasteiger partial charge in [0, 0.05) is 41.8 Å². The van der Waals surface area contributed by atoms with Crippen LogP contribution in [0, 0.1) is 6.92 Å². The first-order valence-electron chi connectivity index (χ1n) is 5.92. The highest BCUT2D eigenvalue weighted by molar-refractivity contribution is 7.91. The Bertz CT molecular complexity index is 709. The molecule has 0 fully saturated rings. The van der Waals surface area contributed by atoms with Gasteiger partial charge in [0.25, 0.3) is 10.0 Å². The molecule has 0 aromatic carbocycles. The highest BCUT2D eigenvalue weighted by atomic mass is 32.2. The van der Waals surface area contributed by atoms with E-state index in [4.69, 9.17) is 0 Å². The minimum Gasteiger partial charge on any atom is -0.244 e. The van der Waals surface area contributed by atoms with Crippen LogP contribution in [-0.4, -0.2) is 29.2 Å². The molecule has 0 saturated heterocycles. The highest BCUT2D eigenvalue weighted by Crippen LogP contribution is 2.27. The summed E-state index contributed by atoms with van der Waals surface area (Å²) in [6.07, 6.45) is 3.84. The Morgan fingerprint density at radius 1 is 1.37 bits per heavy atom. The summed E-state index contributed by atoms with van der Waals surface area (Å²) in [6, 6.07) is 3.50. The first-order valence-corrected chi connectivity index (χ1v) is 8.17. The summed E-state index contributed by atoms with van der Waals surface area (Å²) in [4.78, 5) is 9.14. The van der Waals surface area contributed by atoms with Crippen molar-refractivity contribution in [3.05, 3.63) is 40.8 Å². The smallest absolute Gasteiger partial charge is 0.244 e. The second-order valence-electron chi connectivity index (χ2n) is 4.45. The highest BCUT2D eigenvalue weighted by Gasteiger charge is 2.29. The summed E-state index contributed by atoms with van der Waals surface area (Å²) >= 11 is 1.31. The van der Waals surface area contributed by atoms with E-state index in [1.165, 1.54) is 22.0 Å². The number of hydrogen-bond donors (Lipinski definition) is 0. The first kappa shape index (κ1) is 12.7. The summed E-state index contributed by atoms with van der Waals surface area (Å²) in [5, 5.41) is 0. The minimum atomic E-state index is -3.39. The Balaban J connectivity index is 1.93. The van der Waals surface area contributed by atoms with E-state index in [0.29, 0.717) is 23.7 Å². The van der Waals surface area contributed by atoms with Gasteiger partial charge in [-0.25, -0.2) is 18.4 Å². The van der Waals surface area contributed by atoms with Gasteiger partial charge in [0.15, 0.2) is 0 Å². The lowest BCUT2D eigenvalue weighted by molar-refractivity contribution is 0.388. The molecule has 0 unspecified atom stereocenters. The fourth-order valence-corrected chi connectivity index (χ4v) is 4.98. The molecule has 0 atom stereocenters. The second kappa shape index (κ2) is 4.66. The molecule has 5 nitrogen and oxygen atoms in total. The van der Waals surface area contributed by atoms with Crippen LogP contribution in [0.3, 0.4) is 0 Å². The average Bonchev–Trinajstić information content (AvgIpc) is 2.85. The van der Waals surface area contributed by atoms with E-state index in [-0.39, 0.29) is 0 Å². The van der Waals surface area contributed by atoms with Crippen LogP contribution in [0.2, 0.25) is 0 Å². The molecule has 3 heterocycles. The van der Waals surface area contributed by atoms with Crippen LogP contribution in [0.1, 0.15) is 16.1 Å². The van der Waals surface area contributed by atoms with Crippen molar-refractivity contribution in [3.8, 4) is 0 Å². The number of rotatable bonds is 2. The molecule has 0 radical (unpaired) electrons. The summed E-state index contributed by atoms with van der Waals surface area (Å²) < 4.78 is 26.9. The van der Waals surface area contributed by atoms with Gasteiger partial charge in [-0.1, -0.05) is 0 Å². The molecule has 1 aliphatic heterocycles. The molecule has 0 N–H and O–H groups in total. The van der Waals surface area contributed by atoms with Crippen LogP contribution in [0.5, 0.6) is 0 Å². The van der Waals surface area contributed by atoms with Crippen molar-refractivity contribution >= 4 is 21.4 Å². The van der Waals surface area contributed by atoms with E-state index >= 15 is 0 Å². The topological polar surface area (TPSA) is 63.2 Å². The molecule has 0 bridgehead atoms. The van der Waals surface area contributed by atoms with E-state index in [2.05, 4.69) is 9.97 Å². The van der Waals surface area contributed by atoms with Gasteiger partial charge in [0.1, 0.15) is 10.5 Å². The SMILES string of the molecule is Cc1ccc(S(=O)(=O)N2CCc3ncncc3C2)s1. The molecule has 0 spiro atoms. The lowest BCUT2D eigenvalue weighted by atomic mass is 10.1. The Kier molecular flexibility index (Phi) is 3.12. The van der Waals surface area contributed by atoms with Gasteiger partial charge in [-0.3, -0.25) is 0 Å². The molecule has 1 aliphatic rings. The van der Waals surface area contributed by atoms with Crippen molar-refractivity contribution in [2.75, 3.05) is 6.54 Å². The van der Waals surface area contributed by atoms with Gasteiger partial charge in [0.05, 0.1) is 0 Å². The van der Waals surface area contributed by atoms with Crippen LogP contribution in [0.15, 0.2) is 28.9 Å². The molecular weight excluding hydrogens is 282 g/mol. The zero-order valence-corrected chi connectivity index (χ0v) is 12.0. The maximum atomic E-state index is 12.5. The van der Waals surface area contributed by atoms with Gasteiger partial charge >= 0.3 is 0 Å². The van der Waals surface area contributed by atoms with Gasteiger partial charge in [-0.2, -0.15) is 4.31 Å². The number of thiophene rings is 1. The quantitative estimate of drug-likeness (QED) is 0.844. The van der Waals surface area contributed by atoms with Crippen LogP contribution >= 0.6 is 11.3 Å². The van der Waals surface area contributed by atoms with Crippen LogP contribution in [0.4, 0.5) is 0 Å². The minimum absolute atomic E-state index is 0.357. The van der Waals surface area contributed by atoms with Gasteiger partial charge in [0.2, 0.25) is 0 Å². The summed E-state index contributed by atoms with van der Waals surface area (Å²) in [5.74, 6) is 0. The lowest BCUT2D eigenvalue weighted by Gasteiger charge is -2.26. The number of hydrogen-bond acceptors (Lipinski definition) is 5. The third-order valence-corrected chi connectivity index (χ3v) is 6.45. The summed E-state index contributed by atoms with van der Waals surface area (Å²) in [6.45, 7) is 2.74. The lowest BCUT2D eigenvalue weighted by Crippen LogP contribution is -2.36. The average molecular weight is 295 g/mol. The van der Waals surface area contributed by atoms with Crippen molar-refractivity contribution in [1.82, 2.24) is 14.3 Å². The third-order valence-electron chi connectivity index (χ3n) is 3.14. The molecule has 3 rings (SSSR count). The second-order valence-corrected chi connectivity index (χ2v) is 7.90. The maximum Gasteiger partial charge on any atom is 0.252 e. The van der Waals surface area contributed by atoms with Gasteiger partial charge < -0.3 is 0 Å². The Labute approximate surface area is 116 Å². The van der Waals surface area contributed by atoms with Crippen molar-refractivity contribution in [2.24, 2.45) is 0 Å². The molecule has 7 heteroatoms. The number of aromatic nitrogens is 2. The molecule has 0 amide bonds. The maximum absolute atomic E-state index is 12.5. The molecular formula is C12H13N3O2S2. The monoisotopic (exact) mass is 295 g/mol. The first-order chi connectivity index (χ1) is 9.07. The molecule has 2 aromatic heterocycles. The van der Waals surface area contributed by atoms with Crippen LogP contribution in [-0.2, 0) is 23.0 Å². The number of aryl methyl sites for hydroxylation is 1. The Morgan fingerprint density at radius 2 is 2.21 bits per heavy atom. The molecule has 19 heavy (non-hydrogen) atoms. The van der Waals surface area contributed by atoms with E-state index in [9.17, 15) is 8.42 Å². The predicted molar refractivity (Wildman–Crippen MR) is 72.4 cm³/mol. The van der Waals surface area contributed by atoms with Crippen LogP contribution in [0.25, 0.3) is 0 Å². The predicted octanol–water partition coefficient (Wildman–Crippen LogP) is 1.59. The third kappa shape index (κ3) is 2.29. The van der Waals surface area contributed by atoms with Gasteiger partial charge in [-0.15, -0.1) is 11.3 Å².